The number of ether oxygens (including phenoxy) is 1. The molecule has 0 atom stereocenters. The van der Waals surface area contributed by atoms with Gasteiger partial charge in [0.05, 0.1) is 24.0 Å². The number of benzene rings is 2. The van der Waals surface area contributed by atoms with Crippen molar-refractivity contribution >= 4 is 17.3 Å². The van der Waals surface area contributed by atoms with Crippen LogP contribution in [0.3, 0.4) is 0 Å². The van der Waals surface area contributed by atoms with Crippen LogP contribution in [0.2, 0.25) is 0 Å². The summed E-state index contributed by atoms with van der Waals surface area (Å²) in [5.41, 5.74) is -0.0952. The molecule has 110 valence electrons. The number of halogens is 3. The lowest BCUT2D eigenvalue weighted by molar-refractivity contribution is 0.0601. The van der Waals surface area contributed by atoms with Crippen molar-refractivity contribution in [3.05, 3.63) is 58.9 Å². The third-order valence-corrected chi connectivity index (χ3v) is 2.88. The van der Waals surface area contributed by atoms with E-state index in [4.69, 9.17) is 0 Å². The van der Waals surface area contributed by atoms with E-state index < -0.39 is 29.1 Å². The van der Waals surface area contributed by atoms with E-state index in [0.717, 1.165) is 19.2 Å². The quantitative estimate of drug-likeness (QED) is 0.872. The van der Waals surface area contributed by atoms with Gasteiger partial charge in [0.1, 0.15) is 5.82 Å². The SMILES string of the molecule is COC(=O)c1ccc(F)c(F)c1Nc1ccc(C)cc1F. The molecule has 0 radical (unpaired) electrons. The first-order valence-electron chi connectivity index (χ1n) is 6.03. The van der Waals surface area contributed by atoms with E-state index in [1.165, 1.54) is 12.1 Å². The van der Waals surface area contributed by atoms with Crippen molar-refractivity contribution in [2.75, 3.05) is 12.4 Å². The summed E-state index contributed by atoms with van der Waals surface area (Å²) in [6, 6.07) is 6.07. The molecule has 0 heterocycles. The van der Waals surface area contributed by atoms with Gasteiger partial charge in [-0.3, -0.25) is 0 Å². The van der Waals surface area contributed by atoms with Gasteiger partial charge in [0.15, 0.2) is 11.6 Å². The predicted octanol–water partition coefficient (Wildman–Crippen LogP) is 3.94. The molecule has 2 aromatic carbocycles. The summed E-state index contributed by atoms with van der Waals surface area (Å²) >= 11 is 0. The van der Waals surface area contributed by atoms with Crippen LogP contribution in [0.4, 0.5) is 24.5 Å². The summed E-state index contributed by atoms with van der Waals surface area (Å²) in [5.74, 6) is -3.94. The Kier molecular flexibility index (Phi) is 4.16. The fourth-order valence-electron chi connectivity index (χ4n) is 1.81. The topological polar surface area (TPSA) is 38.3 Å². The van der Waals surface area contributed by atoms with Gasteiger partial charge in [0, 0.05) is 0 Å². The van der Waals surface area contributed by atoms with Gasteiger partial charge in [-0.25, -0.2) is 18.0 Å². The molecular weight excluding hydrogens is 283 g/mol. The number of nitrogens with one attached hydrogen (secondary N) is 1. The molecule has 6 heteroatoms. The lowest BCUT2D eigenvalue weighted by atomic mass is 10.1. The molecule has 2 rings (SSSR count). The fourth-order valence-corrected chi connectivity index (χ4v) is 1.81. The molecule has 0 saturated heterocycles. The van der Waals surface area contributed by atoms with Gasteiger partial charge in [-0.15, -0.1) is 0 Å². The van der Waals surface area contributed by atoms with E-state index in [1.807, 2.05) is 0 Å². The van der Waals surface area contributed by atoms with Crippen molar-refractivity contribution in [1.82, 2.24) is 0 Å². The third-order valence-electron chi connectivity index (χ3n) is 2.88. The molecule has 21 heavy (non-hydrogen) atoms. The first kappa shape index (κ1) is 14.9. The predicted molar refractivity (Wildman–Crippen MR) is 72.1 cm³/mol. The van der Waals surface area contributed by atoms with Crippen molar-refractivity contribution in [3.8, 4) is 0 Å². The van der Waals surface area contributed by atoms with Gasteiger partial charge in [-0.1, -0.05) is 6.07 Å². The molecular formula is C15H12F3NO2. The number of methoxy groups -OCH3 is 1. The van der Waals surface area contributed by atoms with Gasteiger partial charge < -0.3 is 10.1 Å². The molecule has 0 bridgehead atoms. The van der Waals surface area contributed by atoms with Crippen molar-refractivity contribution < 1.29 is 22.7 Å². The molecule has 0 aliphatic carbocycles. The molecule has 0 spiro atoms. The highest BCUT2D eigenvalue weighted by Gasteiger charge is 2.20. The van der Waals surface area contributed by atoms with E-state index in [1.54, 1.807) is 13.0 Å². The molecule has 1 N–H and O–H groups in total. The number of rotatable bonds is 3. The molecule has 0 aromatic heterocycles. The smallest absolute Gasteiger partial charge is 0.340 e. The second-order valence-corrected chi connectivity index (χ2v) is 4.38. The largest absolute Gasteiger partial charge is 0.465 e. The van der Waals surface area contributed by atoms with Crippen molar-refractivity contribution in [2.45, 2.75) is 6.92 Å². The maximum atomic E-state index is 13.9. The van der Waals surface area contributed by atoms with Crippen LogP contribution >= 0.6 is 0 Å². The Morgan fingerprint density at radius 1 is 1.10 bits per heavy atom. The van der Waals surface area contributed by atoms with Crippen LogP contribution in [0.1, 0.15) is 15.9 Å². The van der Waals surface area contributed by atoms with Crippen LogP contribution in [-0.4, -0.2) is 13.1 Å². The van der Waals surface area contributed by atoms with Crippen molar-refractivity contribution in [2.24, 2.45) is 0 Å². The van der Waals surface area contributed by atoms with Crippen LogP contribution in [0.5, 0.6) is 0 Å². The lowest BCUT2D eigenvalue weighted by Crippen LogP contribution is -2.09. The third kappa shape index (κ3) is 2.99. The van der Waals surface area contributed by atoms with Gasteiger partial charge in [-0.05, 0) is 36.8 Å². The summed E-state index contributed by atoms with van der Waals surface area (Å²) < 4.78 is 45.5. The molecule has 0 fully saturated rings. The number of hydrogen-bond donors (Lipinski definition) is 1. The minimum Gasteiger partial charge on any atom is -0.465 e. The van der Waals surface area contributed by atoms with E-state index in [-0.39, 0.29) is 11.3 Å². The molecule has 3 nitrogen and oxygen atoms in total. The van der Waals surface area contributed by atoms with E-state index >= 15 is 0 Å². The Morgan fingerprint density at radius 3 is 2.43 bits per heavy atom. The van der Waals surface area contributed by atoms with Crippen LogP contribution in [0.15, 0.2) is 30.3 Å². The Labute approximate surface area is 119 Å². The van der Waals surface area contributed by atoms with Gasteiger partial charge >= 0.3 is 5.97 Å². The number of esters is 1. The van der Waals surface area contributed by atoms with Crippen LogP contribution in [0, 0.1) is 24.4 Å². The summed E-state index contributed by atoms with van der Waals surface area (Å²) in [6.45, 7) is 1.69. The van der Waals surface area contributed by atoms with Crippen molar-refractivity contribution in [1.29, 1.82) is 0 Å². The zero-order valence-electron chi connectivity index (χ0n) is 11.3. The first-order chi connectivity index (χ1) is 9.93. The lowest BCUT2D eigenvalue weighted by Gasteiger charge is -2.13. The summed E-state index contributed by atoms with van der Waals surface area (Å²) in [7, 11) is 1.11. The number of anilines is 2. The Bertz CT molecular complexity index is 702. The molecule has 0 saturated carbocycles. The number of aryl methyl sites for hydroxylation is 1. The average molecular weight is 295 g/mol. The molecule has 2 aromatic rings. The highest BCUT2D eigenvalue weighted by molar-refractivity contribution is 5.96. The maximum Gasteiger partial charge on any atom is 0.340 e. The van der Waals surface area contributed by atoms with Crippen LogP contribution < -0.4 is 5.32 Å². The minimum atomic E-state index is -1.28. The minimum absolute atomic E-state index is 0.0738. The zero-order valence-corrected chi connectivity index (χ0v) is 11.3. The van der Waals surface area contributed by atoms with Crippen LogP contribution in [0.25, 0.3) is 0 Å². The van der Waals surface area contributed by atoms with E-state index in [9.17, 15) is 18.0 Å². The normalized spacial score (nSPS) is 10.3. The first-order valence-corrected chi connectivity index (χ1v) is 6.03. The molecule has 0 unspecified atom stereocenters. The van der Waals surface area contributed by atoms with Crippen LogP contribution in [-0.2, 0) is 4.74 Å². The standard InChI is InChI=1S/C15H12F3NO2/c1-8-3-6-12(11(17)7-8)19-14-9(15(20)21-2)4-5-10(16)13(14)18/h3-7,19H,1-2H3. The second-order valence-electron chi connectivity index (χ2n) is 4.38. The van der Waals surface area contributed by atoms with E-state index in [2.05, 4.69) is 10.1 Å². The molecule has 0 aliphatic rings. The number of carbonyl (C=O) groups is 1. The number of carbonyl (C=O) groups excluding carboxylic acids is 1. The summed E-state index contributed by atoms with van der Waals surface area (Å²) in [6.07, 6.45) is 0. The van der Waals surface area contributed by atoms with Gasteiger partial charge in [0.2, 0.25) is 0 Å². The summed E-state index contributed by atoms with van der Waals surface area (Å²) in [5, 5.41) is 2.40. The van der Waals surface area contributed by atoms with Gasteiger partial charge in [0.25, 0.3) is 0 Å². The Hall–Kier alpha value is -2.50. The fraction of sp³-hybridized carbons (Fsp3) is 0.133. The summed E-state index contributed by atoms with van der Waals surface area (Å²) in [4.78, 5) is 11.6. The molecule has 0 aliphatic heterocycles. The molecule has 0 amide bonds. The Morgan fingerprint density at radius 2 is 1.81 bits per heavy atom. The number of hydrogen-bond acceptors (Lipinski definition) is 3. The van der Waals surface area contributed by atoms with E-state index in [0.29, 0.717) is 5.56 Å². The average Bonchev–Trinajstić information content (AvgIpc) is 2.45. The second kappa shape index (κ2) is 5.87. The maximum absolute atomic E-state index is 13.9. The highest BCUT2D eigenvalue weighted by atomic mass is 19.2. The highest BCUT2D eigenvalue weighted by Crippen LogP contribution is 2.28. The zero-order chi connectivity index (χ0) is 15.6. The monoisotopic (exact) mass is 295 g/mol. The van der Waals surface area contributed by atoms with Crippen molar-refractivity contribution in [3.63, 3.8) is 0 Å². The Balaban J connectivity index is 2.51. The van der Waals surface area contributed by atoms with Gasteiger partial charge in [-0.2, -0.15) is 0 Å².